The fourth-order valence-electron chi connectivity index (χ4n) is 7.38. The van der Waals surface area contributed by atoms with E-state index in [1.807, 2.05) is 66.7 Å². The number of hydrogen-bond acceptors (Lipinski definition) is 9. The summed E-state index contributed by atoms with van der Waals surface area (Å²) in [7, 11) is 0. The summed E-state index contributed by atoms with van der Waals surface area (Å²) < 4.78 is 8.78. The zero-order valence-corrected chi connectivity index (χ0v) is 28.7. The number of furan rings is 1. The van der Waals surface area contributed by atoms with E-state index < -0.39 is 34.3 Å². The van der Waals surface area contributed by atoms with Crippen LogP contribution >= 0.6 is 0 Å². The van der Waals surface area contributed by atoms with Crippen molar-refractivity contribution in [1.29, 1.82) is 0 Å². The van der Waals surface area contributed by atoms with Gasteiger partial charge in [-0.05, 0) is 53.6 Å². The van der Waals surface area contributed by atoms with Crippen molar-refractivity contribution in [1.82, 2.24) is 19.5 Å². The van der Waals surface area contributed by atoms with Gasteiger partial charge in [-0.2, -0.15) is 0 Å². The molecule has 3 heterocycles. The van der Waals surface area contributed by atoms with Gasteiger partial charge in [0.1, 0.15) is 16.7 Å². The van der Waals surface area contributed by atoms with Gasteiger partial charge in [-0.3, -0.25) is 0 Å². The van der Waals surface area contributed by atoms with Crippen molar-refractivity contribution in [2.75, 3.05) is 0 Å². The van der Waals surface area contributed by atoms with Crippen molar-refractivity contribution < 1.29 is 29.9 Å². The van der Waals surface area contributed by atoms with Gasteiger partial charge in [0, 0.05) is 32.8 Å². The third kappa shape index (κ3) is 4.92. The summed E-state index contributed by atoms with van der Waals surface area (Å²) in [4.78, 5) is 13.9. The van der Waals surface area contributed by atoms with Crippen molar-refractivity contribution in [2.24, 2.45) is 0 Å². The molecule has 264 valence electrons. The third-order valence-electron chi connectivity index (χ3n) is 10.0. The number of benzene rings is 7. The number of para-hydroxylation sites is 2. The van der Waals surface area contributed by atoms with Gasteiger partial charge >= 0.3 is 0 Å². The number of aromatic hydroxyl groups is 5. The van der Waals surface area contributed by atoms with E-state index >= 15 is 0 Å². The molecule has 0 saturated carbocycles. The first-order valence-electron chi connectivity index (χ1n) is 17.4. The van der Waals surface area contributed by atoms with Gasteiger partial charge in [0.05, 0.1) is 16.6 Å². The summed E-state index contributed by atoms with van der Waals surface area (Å²) >= 11 is 0. The lowest BCUT2D eigenvalue weighted by Crippen LogP contribution is -2.01. The standard InChI is InChI=1S/C45H28N4O6/c50-37-36(38(51)40(53)41(54)39(37)52)45-47-43(25-12-5-2-6-13-25)46-44(48-45)30-16-9-15-29-32-23-27(19-21-35(32)55-42(29)30)49-33-17-8-7-14-28(33)31-22-26(18-20-34(31)49)24-10-3-1-4-11-24/h1-23,50-54H. The van der Waals surface area contributed by atoms with E-state index in [0.29, 0.717) is 22.3 Å². The monoisotopic (exact) mass is 720 g/mol. The zero-order valence-electron chi connectivity index (χ0n) is 28.7. The predicted molar refractivity (Wildman–Crippen MR) is 212 cm³/mol. The molecule has 10 nitrogen and oxygen atoms in total. The van der Waals surface area contributed by atoms with Crippen LogP contribution < -0.4 is 0 Å². The summed E-state index contributed by atoms with van der Waals surface area (Å²) in [6, 6.07) is 46.0. The van der Waals surface area contributed by atoms with E-state index in [2.05, 4.69) is 69.1 Å². The number of rotatable bonds is 5. The first kappa shape index (κ1) is 31.9. The third-order valence-corrected chi connectivity index (χ3v) is 10.0. The minimum Gasteiger partial charge on any atom is -0.504 e. The van der Waals surface area contributed by atoms with Crippen LogP contribution in [0.15, 0.2) is 144 Å². The van der Waals surface area contributed by atoms with Gasteiger partial charge in [0.15, 0.2) is 29.0 Å². The average Bonchev–Trinajstić information content (AvgIpc) is 3.78. The maximum Gasteiger partial charge on any atom is 0.208 e. The van der Waals surface area contributed by atoms with Crippen molar-refractivity contribution in [3.8, 4) is 79.7 Å². The molecule has 0 aliphatic heterocycles. The minimum absolute atomic E-state index is 0.135. The molecule has 0 atom stereocenters. The van der Waals surface area contributed by atoms with Crippen LogP contribution in [-0.4, -0.2) is 45.1 Å². The molecule has 0 amide bonds. The molecule has 0 spiro atoms. The molecule has 0 fully saturated rings. The van der Waals surface area contributed by atoms with Crippen LogP contribution in [0.5, 0.6) is 28.7 Å². The highest BCUT2D eigenvalue weighted by atomic mass is 16.4. The molecule has 10 heteroatoms. The van der Waals surface area contributed by atoms with Crippen LogP contribution in [0.2, 0.25) is 0 Å². The second kappa shape index (κ2) is 12.1. The van der Waals surface area contributed by atoms with E-state index in [1.165, 1.54) is 0 Å². The smallest absolute Gasteiger partial charge is 0.208 e. The van der Waals surface area contributed by atoms with Gasteiger partial charge < -0.3 is 34.5 Å². The van der Waals surface area contributed by atoms with E-state index in [9.17, 15) is 25.5 Å². The molecular weight excluding hydrogens is 693 g/mol. The number of aromatic nitrogens is 4. The maximum atomic E-state index is 10.8. The lowest BCUT2D eigenvalue weighted by molar-refractivity contribution is 0.329. The van der Waals surface area contributed by atoms with Gasteiger partial charge in [-0.1, -0.05) is 97.1 Å². The fraction of sp³-hybridized carbons (Fsp3) is 0. The van der Waals surface area contributed by atoms with Gasteiger partial charge in [0.25, 0.3) is 0 Å². The molecule has 0 saturated heterocycles. The number of fused-ring (bicyclic) bond motifs is 6. The molecule has 5 N–H and O–H groups in total. The Balaban J connectivity index is 1.17. The van der Waals surface area contributed by atoms with E-state index in [-0.39, 0.29) is 17.5 Å². The largest absolute Gasteiger partial charge is 0.504 e. The second-order valence-corrected chi connectivity index (χ2v) is 13.2. The van der Waals surface area contributed by atoms with Crippen LogP contribution in [-0.2, 0) is 0 Å². The van der Waals surface area contributed by atoms with Crippen molar-refractivity contribution in [3.05, 3.63) is 140 Å². The molecule has 0 aliphatic rings. The van der Waals surface area contributed by atoms with Crippen LogP contribution in [0.4, 0.5) is 0 Å². The lowest BCUT2D eigenvalue weighted by atomic mass is 10.0. The topological polar surface area (TPSA) is 158 Å². The Kier molecular flexibility index (Phi) is 7.01. The number of phenols is 5. The van der Waals surface area contributed by atoms with Crippen LogP contribution in [0.1, 0.15) is 0 Å². The quantitative estimate of drug-likeness (QED) is 0.0862. The molecule has 0 bridgehead atoms. The Morgan fingerprint density at radius 1 is 0.418 bits per heavy atom. The zero-order chi connectivity index (χ0) is 37.4. The molecule has 0 radical (unpaired) electrons. The Labute approximate surface area is 311 Å². The molecule has 0 aliphatic carbocycles. The fourth-order valence-corrected chi connectivity index (χ4v) is 7.38. The molecule has 10 aromatic rings. The number of hydrogen-bond donors (Lipinski definition) is 5. The number of phenolic OH excluding ortho intramolecular Hbond substituents is 5. The maximum absolute atomic E-state index is 10.8. The summed E-state index contributed by atoms with van der Waals surface area (Å²) in [5.74, 6) is -4.94. The Morgan fingerprint density at radius 3 is 1.80 bits per heavy atom. The summed E-state index contributed by atoms with van der Waals surface area (Å²) in [5.41, 5.74) is 7.11. The van der Waals surface area contributed by atoms with Crippen molar-refractivity contribution >= 4 is 43.7 Å². The average molecular weight is 721 g/mol. The summed E-state index contributed by atoms with van der Waals surface area (Å²) in [6.07, 6.45) is 0. The SMILES string of the molecule is Oc1c(O)c(O)c(-c2nc(-c3ccccc3)nc(-c3cccc4c3oc3ccc(-n5c6ccccc6c6cc(-c7ccccc7)ccc65)cc34)n2)c(O)c1O. The number of nitrogens with zero attached hydrogens (tertiary/aromatic N) is 4. The Bertz CT molecular complexity index is 3130. The molecule has 0 unspecified atom stereocenters. The first-order valence-corrected chi connectivity index (χ1v) is 17.4. The summed E-state index contributed by atoms with van der Waals surface area (Å²) in [6.45, 7) is 0. The van der Waals surface area contributed by atoms with Gasteiger partial charge in [0.2, 0.25) is 17.2 Å². The van der Waals surface area contributed by atoms with E-state index in [4.69, 9.17) is 9.40 Å². The summed E-state index contributed by atoms with van der Waals surface area (Å²) in [5, 5.41) is 56.4. The van der Waals surface area contributed by atoms with Crippen LogP contribution in [0, 0.1) is 0 Å². The first-order chi connectivity index (χ1) is 26.9. The highest BCUT2D eigenvalue weighted by molar-refractivity contribution is 6.12. The van der Waals surface area contributed by atoms with Crippen molar-refractivity contribution in [2.45, 2.75) is 0 Å². The molecular formula is C45H28N4O6. The van der Waals surface area contributed by atoms with E-state index in [1.54, 1.807) is 18.2 Å². The minimum atomic E-state index is -1.08. The Hall–Kier alpha value is -7.85. The molecule has 55 heavy (non-hydrogen) atoms. The van der Waals surface area contributed by atoms with Crippen molar-refractivity contribution in [3.63, 3.8) is 0 Å². The molecule has 10 rings (SSSR count). The predicted octanol–water partition coefficient (Wildman–Crippen LogP) is 10.1. The van der Waals surface area contributed by atoms with E-state index in [0.717, 1.165) is 49.4 Å². The molecule has 3 aromatic heterocycles. The Morgan fingerprint density at radius 2 is 1.04 bits per heavy atom. The normalized spacial score (nSPS) is 11.6. The second-order valence-electron chi connectivity index (χ2n) is 13.2. The molecule has 7 aromatic carbocycles. The highest BCUT2D eigenvalue weighted by Crippen LogP contribution is 2.54. The van der Waals surface area contributed by atoms with Gasteiger partial charge in [-0.25, -0.2) is 15.0 Å². The lowest BCUT2D eigenvalue weighted by Gasteiger charge is -2.13. The van der Waals surface area contributed by atoms with Crippen LogP contribution in [0.3, 0.4) is 0 Å². The van der Waals surface area contributed by atoms with Gasteiger partial charge in [-0.15, -0.1) is 0 Å². The highest BCUT2D eigenvalue weighted by Gasteiger charge is 2.28. The van der Waals surface area contributed by atoms with Crippen LogP contribution in [0.25, 0.3) is 94.7 Å².